The van der Waals surface area contributed by atoms with Crippen LogP contribution in [0.25, 0.3) is 0 Å². The molecule has 0 spiro atoms. The van der Waals surface area contributed by atoms with Crippen LogP contribution < -0.4 is 10.5 Å². The zero-order valence-electron chi connectivity index (χ0n) is 9.40. The van der Waals surface area contributed by atoms with Crippen molar-refractivity contribution in [3.05, 3.63) is 12.4 Å². The highest BCUT2D eigenvalue weighted by Crippen LogP contribution is 2.07. The van der Waals surface area contributed by atoms with Crippen molar-refractivity contribution in [2.24, 2.45) is 5.73 Å². The highest BCUT2D eigenvalue weighted by Gasteiger charge is 2.22. The van der Waals surface area contributed by atoms with Gasteiger partial charge in [0.25, 0.3) is 0 Å². The van der Waals surface area contributed by atoms with Gasteiger partial charge in [-0.1, -0.05) is 0 Å². The van der Waals surface area contributed by atoms with E-state index in [2.05, 4.69) is 5.10 Å². The van der Waals surface area contributed by atoms with Crippen LogP contribution in [0.2, 0.25) is 0 Å². The van der Waals surface area contributed by atoms with Crippen LogP contribution in [-0.2, 0) is 26.2 Å². The molecule has 1 unspecified atom stereocenters. The summed E-state index contributed by atoms with van der Waals surface area (Å²) in [7, 11) is -3.95. The molecule has 4 N–H and O–H groups in total. The van der Waals surface area contributed by atoms with Gasteiger partial charge >= 0.3 is 5.97 Å². The molecular weight excluding hydrogens is 264 g/mol. The summed E-state index contributed by atoms with van der Waals surface area (Å²) >= 11 is 0. The fraction of sp³-hybridized carbons (Fsp3) is 0.375. The molecule has 0 saturated carbocycles. The van der Waals surface area contributed by atoms with Crippen LogP contribution >= 0.6 is 0 Å². The van der Waals surface area contributed by atoms with Crippen LogP contribution in [0.1, 0.15) is 6.92 Å². The van der Waals surface area contributed by atoms with E-state index in [1.54, 1.807) is 0 Å². The summed E-state index contributed by atoms with van der Waals surface area (Å²) in [5.41, 5.74) is 4.93. The van der Waals surface area contributed by atoms with E-state index in [1.165, 1.54) is 6.92 Å². The van der Waals surface area contributed by atoms with Crippen molar-refractivity contribution in [3.63, 3.8) is 0 Å². The van der Waals surface area contributed by atoms with Crippen LogP contribution in [0.4, 0.5) is 0 Å². The normalized spacial score (nSPS) is 13.2. The highest BCUT2D eigenvalue weighted by molar-refractivity contribution is 7.89. The minimum Gasteiger partial charge on any atom is -0.480 e. The first-order valence-corrected chi connectivity index (χ1v) is 6.26. The number of hydrogen-bond acceptors (Lipinski definition) is 5. The SMILES string of the molecule is CC(NS(=O)(=O)c1cnn(CC(=O)O)c1)C(N)=O. The molecule has 1 aromatic rings. The van der Waals surface area contributed by atoms with Gasteiger partial charge in [0.15, 0.2) is 0 Å². The standard InChI is InChI=1S/C8H12N4O5S/c1-5(8(9)15)11-18(16,17)6-2-10-12(3-6)4-7(13)14/h2-3,5,11H,4H2,1H3,(H2,9,15)(H,13,14). The molecular formula is C8H12N4O5S. The molecule has 1 rings (SSSR count). The predicted molar refractivity (Wildman–Crippen MR) is 58.8 cm³/mol. The van der Waals surface area contributed by atoms with Gasteiger partial charge in [0, 0.05) is 6.20 Å². The Morgan fingerprint density at radius 3 is 2.72 bits per heavy atom. The summed E-state index contributed by atoms with van der Waals surface area (Å²) in [6, 6.07) is -1.07. The second-order valence-corrected chi connectivity index (χ2v) is 5.23. The molecule has 0 radical (unpaired) electrons. The van der Waals surface area contributed by atoms with E-state index >= 15 is 0 Å². The number of carbonyl (C=O) groups is 2. The molecule has 0 aliphatic carbocycles. The molecule has 1 atom stereocenters. The molecule has 0 bridgehead atoms. The molecule has 1 heterocycles. The molecule has 10 heteroatoms. The van der Waals surface area contributed by atoms with E-state index in [9.17, 15) is 18.0 Å². The fourth-order valence-electron chi connectivity index (χ4n) is 1.07. The number of carboxylic acid groups (broad SMARTS) is 1. The summed E-state index contributed by atoms with van der Waals surface area (Å²) in [5.74, 6) is -1.97. The Morgan fingerprint density at radius 1 is 1.61 bits per heavy atom. The third-order valence-electron chi connectivity index (χ3n) is 1.98. The lowest BCUT2D eigenvalue weighted by Crippen LogP contribution is -2.41. The van der Waals surface area contributed by atoms with Gasteiger partial charge in [-0.05, 0) is 6.92 Å². The minimum absolute atomic E-state index is 0.239. The van der Waals surface area contributed by atoms with Crippen molar-refractivity contribution in [3.8, 4) is 0 Å². The summed E-state index contributed by atoms with van der Waals surface area (Å²) in [4.78, 5) is 20.9. The zero-order chi connectivity index (χ0) is 13.9. The highest BCUT2D eigenvalue weighted by atomic mass is 32.2. The Labute approximate surface area is 103 Å². The number of nitrogens with one attached hydrogen (secondary N) is 1. The van der Waals surface area contributed by atoms with Crippen molar-refractivity contribution in [2.45, 2.75) is 24.4 Å². The summed E-state index contributed by atoms with van der Waals surface area (Å²) in [6.07, 6.45) is 2.03. The van der Waals surface area contributed by atoms with E-state index in [-0.39, 0.29) is 4.90 Å². The number of nitrogens with zero attached hydrogens (tertiary/aromatic N) is 2. The van der Waals surface area contributed by atoms with Crippen molar-refractivity contribution < 1.29 is 23.1 Å². The van der Waals surface area contributed by atoms with E-state index in [4.69, 9.17) is 10.8 Å². The Bertz CT molecular complexity index is 564. The van der Waals surface area contributed by atoms with Crippen molar-refractivity contribution in [1.29, 1.82) is 0 Å². The largest absolute Gasteiger partial charge is 0.480 e. The topological polar surface area (TPSA) is 144 Å². The predicted octanol–water partition coefficient (Wildman–Crippen LogP) is -1.88. The number of rotatable bonds is 6. The molecule has 0 aromatic carbocycles. The molecule has 18 heavy (non-hydrogen) atoms. The maximum atomic E-state index is 11.7. The number of hydrogen-bond donors (Lipinski definition) is 3. The molecule has 0 fully saturated rings. The molecule has 100 valence electrons. The average Bonchev–Trinajstić information content (AvgIpc) is 2.64. The van der Waals surface area contributed by atoms with Gasteiger partial charge in [0.05, 0.1) is 12.2 Å². The van der Waals surface area contributed by atoms with Crippen molar-refractivity contribution in [2.75, 3.05) is 0 Å². The van der Waals surface area contributed by atoms with Crippen LogP contribution in [0.3, 0.4) is 0 Å². The van der Waals surface area contributed by atoms with Crippen molar-refractivity contribution in [1.82, 2.24) is 14.5 Å². The molecule has 1 amide bonds. The maximum Gasteiger partial charge on any atom is 0.325 e. The van der Waals surface area contributed by atoms with Crippen LogP contribution in [0, 0.1) is 0 Å². The molecule has 1 aromatic heterocycles. The zero-order valence-corrected chi connectivity index (χ0v) is 10.2. The number of nitrogens with two attached hydrogens (primary N) is 1. The van der Waals surface area contributed by atoms with Gasteiger partial charge in [0.1, 0.15) is 11.4 Å². The number of aliphatic carboxylic acids is 1. The van der Waals surface area contributed by atoms with Gasteiger partial charge in [-0.25, -0.2) is 8.42 Å². The molecule has 0 saturated heterocycles. The summed E-state index contributed by atoms with van der Waals surface area (Å²) in [5, 5.41) is 12.1. The van der Waals surface area contributed by atoms with Gasteiger partial charge in [0.2, 0.25) is 15.9 Å². The number of primary amides is 1. The second kappa shape index (κ2) is 5.14. The van der Waals surface area contributed by atoms with E-state index < -0.39 is 34.5 Å². The lowest BCUT2D eigenvalue weighted by Gasteiger charge is -2.08. The summed E-state index contributed by atoms with van der Waals surface area (Å²) < 4.78 is 26.4. The Balaban J connectivity index is 2.89. The Morgan fingerprint density at radius 2 is 2.22 bits per heavy atom. The first-order valence-electron chi connectivity index (χ1n) is 4.78. The van der Waals surface area contributed by atoms with Crippen LogP contribution in [0.5, 0.6) is 0 Å². The van der Waals surface area contributed by atoms with Crippen LogP contribution in [0.15, 0.2) is 17.3 Å². The smallest absolute Gasteiger partial charge is 0.325 e. The minimum atomic E-state index is -3.95. The third-order valence-corrected chi connectivity index (χ3v) is 3.47. The van der Waals surface area contributed by atoms with E-state index in [0.29, 0.717) is 0 Å². The average molecular weight is 276 g/mol. The quantitative estimate of drug-likeness (QED) is 0.554. The number of amides is 1. The van der Waals surface area contributed by atoms with E-state index in [1.807, 2.05) is 4.72 Å². The molecule has 9 nitrogen and oxygen atoms in total. The number of carboxylic acids is 1. The first kappa shape index (κ1) is 14.1. The molecule has 0 aliphatic rings. The number of aromatic nitrogens is 2. The monoisotopic (exact) mass is 276 g/mol. The maximum absolute atomic E-state index is 11.7. The Kier molecular flexibility index (Phi) is 4.03. The molecule has 0 aliphatic heterocycles. The first-order chi connectivity index (χ1) is 8.22. The lowest BCUT2D eigenvalue weighted by atomic mass is 10.4. The van der Waals surface area contributed by atoms with Gasteiger partial charge in [-0.3, -0.25) is 14.3 Å². The third kappa shape index (κ3) is 3.53. The second-order valence-electron chi connectivity index (χ2n) is 3.51. The van der Waals surface area contributed by atoms with Crippen molar-refractivity contribution >= 4 is 21.9 Å². The van der Waals surface area contributed by atoms with E-state index in [0.717, 1.165) is 17.1 Å². The number of sulfonamides is 1. The van der Waals surface area contributed by atoms with Gasteiger partial charge in [-0.2, -0.15) is 9.82 Å². The number of carbonyl (C=O) groups excluding carboxylic acids is 1. The van der Waals surface area contributed by atoms with Gasteiger partial charge in [-0.15, -0.1) is 0 Å². The lowest BCUT2D eigenvalue weighted by molar-refractivity contribution is -0.137. The fourth-order valence-corrected chi connectivity index (χ4v) is 2.23. The Hall–Kier alpha value is -1.94. The van der Waals surface area contributed by atoms with Crippen LogP contribution in [-0.4, -0.2) is 41.2 Å². The summed E-state index contributed by atoms with van der Waals surface area (Å²) in [6.45, 7) is 0.836. The van der Waals surface area contributed by atoms with Gasteiger partial charge < -0.3 is 10.8 Å².